The van der Waals surface area contributed by atoms with Crippen LogP contribution >= 0.6 is 0 Å². The summed E-state index contributed by atoms with van der Waals surface area (Å²) in [5, 5.41) is 36.1. The Morgan fingerprint density at radius 1 is 1.13 bits per heavy atom. The third kappa shape index (κ3) is 10.4. The van der Waals surface area contributed by atoms with E-state index in [0.717, 1.165) is 12.7 Å². The summed E-state index contributed by atoms with van der Waals surface area (Å²) in [6, 6.07) is 8.53. The van der Waals surface area contributed by atoms with Crippen molar-refractivity contribution in [2.24, 2.45) is 5.41 Å². The Balaban J connectivity index is 1.86. The van der Waals surface area contributed by atoms with Gasteiger partial charge in [-0.1, -0.05) is 63.3 Å². The van der Waals surface area contributed by atoms with Crippen LogP contribution in [0.1, 0.15) is 39.2 Å². The van der Waals surface area contributed by atoms with E-state index in [-0.39, 0.29) is 31.4 Å². The van der Waals surface area contributed by atoms with Gasteiger partial charge in [-0.2, -0.15) is 0 Å². The van der Waals surface area contributed by atoms with Gasteiger partial charge in [-0.05, 0) is 23.8 Å². The molecule has 6 atom stereocenters. The van der Waals surface area contributed by atoms with Crippen molar-refractivity contribution >= 4 is 18.0 Å². The summed E-state index contributed by atoms with van der Waals surface area (Å²) in [7, 11) is 1.16. The fourth-order valence-electron chi connectivity index (χ4n) is 3.77. The first-order valence-corrected chi connectivity index (χ1v) is 12.6. The van der Waals surface area contributed by atoms with Crippen LogP contribution in [0.4, 0.5) is 4.79 Å². The SMILES string of the molecule is CO[C@@H](C(=O)N[C@H]1CC[C@@H](OC(=O)OCCc2ccccc2)CNC1=O)[C@H](O)[C@@H](O)[C@H](O)C=CC(C)(C)C. The lowest BCUT2D eigenvalue weighted by Gasteiger charge is -2.28. The Kier molecular flexibility index (Phi) is 12.2. The second kappa shape index (κ2) is 14.8. The van der Waals surface area contributed by atoms with E-state index in [2.05, 4.69) is 10.6 Å². The zero-order valence-electron chi connectivity index (χ0n) is 22.3. The molecule has 212 valence electrons. The van der Waals surface area contributed by atoms with Crippen LogP contribution in [0.2, 0.25) is 0 Å². The molecule has 0 aliphatic carbocycles. The second-order valence-electron chi connectivity index (χ2n) is 10.3. The Hall–Kier alpha value is -2.99. The Morgan fingerprint density at radius 3 is 2.45 bits per heavy atom. The fourth-order valence-corrected chi connectivity index (χ4v) is 3.77. The lowest BCUT2D eigenvalue weighted by Crippen LogP contribution is -2.55. The molecule has 1 aromatic carbocycles. The number of aliphatic hydroxyl groups is 3. The van der Waals surface area contributed by atoms with Crippen LogP contribution in [0.5, 0.6) is 0 Å². The molecule has 5 N–H and O–H groups in total. The summed E-state index contributed by atoms with van der Waals surface area (Å²) in [5.41, 5.74) is 0.750. The van der Waals surface area contributed by atoms with Crippen LogP contribution in [-0.2, 0) is 30.2 Å². The number of carbonyl (C=O) groups is 3. The number of hydrogen-bond acceptors (Lipinski definition) is 9. The van der Waals surface area contributed by atoms with Crippen molar-refractivity contribution in [2.75, 3.05) is 20.3 Å². The molecule has 38 heavy (non-hydrogen) atoms. The van der Waals surface area contributed by atoms with Crippen LogP contribution in [0, 0.1) is 5.41 Å². The van der Waals surface area contributed by atoms with Crippen LogP contribution in [0.25, 0.3) is 0 Å². The Bertz CT molecular complexity index is 932. The molecule has 1 aromatic rings. The van der Waals surface area contributed by atoms with Gasteiger partial charge in [-0.3, -0.25) is 9.59 Å². The quantitative estimate of drug-likeness (QED) is 0.204. The summed E-state index contributed by atoms with van der Waals surface area (Å²) in [5.74, 6) is -1.34. The summed E-state index contributed by atoms with van der Waals surface area (Å²) in [6.07, 6.45) is -4.02. The lowest BCUT2D eigenvalue weighted by atomic mass is 9.94. The molecule has 1 fully saturated rings. The van der Waals surface area contributed by atoms with Gasteiger partial charge in [0.05, 0.1) is 13.2 Å². The van der Waals surface area contributed by atoms with Crippen LogP contribution in [0.3, 0.4) is 0 Å². The van der Waals surface area contributed by atoms with E-state index in [1.54, 1.807) is 6.08 Å². The third-order valence-electron chi connectivity index (χ3n) is 5.95. The standard InChI is InChI=1S/C27H40N2O9/c1-27(2,3)14-12-20(30)21(31)22(32)23(36-4)25(34)29-19-11-10-18(16-28-24(19)33)38-26(35)37-15-13-17-8-6-5-7-9-17/h5-9,12,14,18-23,30-32H,10-11,13,15-16H2,1-4H3,(H,28,33)(H,29,34)/t18-,19+,20-,21+,22-,23-/m1/s1. The second-order valence-corrected chi connectivity index (χ2v) is 10.3. The van der Waals surface area contributed by atoms with Crippen molar-refractivity contribution in [1.82, 2.24) is 10.6 Å². The van der Waals surface area contributed by atoms with Gasteiger partial charge in [0.15, 0.2) is 6.10 Å². The van der Waals surface area contributed by atoms with Gasteiger partial charge in [0, 0.05) is 13.5 Å². The van der Waals surface area contributed by atoms with Crippen molar-refractivity contribution in [2.45, 2.75) is 76.6 Å². The average Bonchev–Trinajstić information content (AvgIpc) is 3.03. The molecule has 11 heteroatoms. The molecule has 2 rings (SSSR count). The molecule has 11 nitrogen and oxygen atoms in total. The van der Waals surface area contributed by atoms with Gasteiger partial charge < -0.3 is 40.2 Å². The topological polar surface area (TPSA) is 164 Å². The minimum absolute atomic E-state index is 0.0420. The summed E-state index contributed by atoms with van der Waals surface area (Å²) >= 11 is 0. The molecule has 0 bridgehead atoms. The minimum Gasteiger partial charge on any atom is -0.434 e. The van der Waals surface area contributed by atoms with Gasteiger partial charge in [0.25, 0.3) is 5.91 Å². The summed E-state index contributed by atoms with van der Waals surface area (Å²) in [4.78, 5) is 37.4. The molecule has 0 aromatic heterocycles. The van der Waals surface area contributed by atoms with E-state index in [1.165, 1.54) is 6.08 Å². The lowest BCUT2D eigenvalue weighted by molar-refractivity contribution is -0.150. The fraction of sp³-hybridized carbons (Fsp3) is 0.593. The highest BCUT2D eigenvalue weighted by molar-refractivity contribution is 5.89. The number of nitrogens with one attached hydrogen (secondary N) is 2. The van der Waals surface area contributed by atoms with E-state index >= 15 is 0 Å². The highest BCUT2D eigenvalue weighted by atomic mass is 16.7. The van der Waals surface area contributed by atoms with Crippen molar-refractivity contribution in [3.63, 3.8) is 0 Å². The monoisotopic (exact) mass is 536 g/mol. The first-order chi connectivity index (χ1) is 17.9. The highest BCUT2D eigenvalue weighted by Gasteiger charge is 2.37. The molecular weight excluding hydrogens is 496 g/mol. The number of hydrogen-bond donors (Lipinski definition) is 5. The number of methoxy groups -OCH3 is 1. The number of carbonyl (C=O) groups excluding carboxylic acids is 3. The molecule has 1 aliphatic rings. The molecule has 2 amide bonds. The van der Waals surface area contributed by atoms with Crippen LogP contribution in [-0.4, -0.2) is 90.1 Å². The molecule has 1 heterocycles. The normalized spacial score (nSPS) is 21.5. The minimum atomic E-state index is -1.77. The maximum Gasteiger partial charge on any atom is 0.508 e. The average molecular weight is 537 g/mol. The molecule has 0 spiro atoms. The predicted octanol–water partition coefficient (Wildman–Crippen LogP) is 0.846. The predicted molar refractivity (Wildman–Crippen MR) is 138 cm³/mol. The molecule has 0 unspecified atom stereocenters. The Morgan fingerprint density at radius 2 is 1.82 bits per heavy atom. The van der Waals surface area contributed by atoms with E-state index in [0.29, 0.717) is 6.42 Å². The smallest absolute Gasteiger partial charge is 0.434 e. The summed E-state index contributed by atoms with van der Waals surface area (Å²) in [6.45, 7) is 5.88. The van der Waals surface area contributed by atoms with E-state index in [9.17, 15) is 29.7 Å². The molecule has 0 radical (unpaired) electrons. The zero-order chi connectivity index (χ0) is 28.3. The van der Waals surface area contributed by atoms with Gasteiger partial charge in [-0.25, -0.2) is 4.79 Å². The number of allylic oxidation sites excluding steroid dienone is 1. The van der Waals surface area contributed by atoms with Crippen molar-refractivity contribution < 1.29 is 43.9 Å². The maximum atomic E-state index is 12.8. The van der Waals surface area contributed by atoms with Crippen LogP contribution < -0.4 is 10.6 Å². The van der Waals surface area contributed by atoms with Crippen molar-refractivity contribution in [3.8, 4) is 0 Å². The maximum absolute atomic E-state index is 12.8. The van der Waals surface area contributed by atoms with Crippen molar-refractivity contribution in [3.05, 3.63) is 48.0 Å². The summed E-state index contributed by atoms with van der Waals surface area (Å²) < 4.78 is 15.5. The van der Waals surface area contributed by atoms with E-state index in [1.807, 2.05) is 51.1 Å². The van der Waals surface area contributed by atoms with Crippen molar-refractivity contribution in [1.29, 1.82) is 0 Å². The van der Waals surface area contributed by atoms with Gasteiger partial charge in [0.1, 0.15) is 30.5 Å². The molecule has 1 saturated heterocycles. The number of amides is 2. The third-order valence-corrected chi connectivity index (χ3v) is 5.95. The molecule has 0 saturated carbocycles. The molecule has 1 aliphatic heterocycles. The first kappa shape index (κ1) is 31.2. The Labute approximate surface area is 223 Å². The first-order valence-electron chi connectivity index (χ1n) is 12.6. The number of aliphatic hydroxyl groups excluding tert-OH is 3. The largest absolute Gasteiger partial charge is 0.508 e. The zero-order valence-corrected chi connectivity index (χ0v) is 22.3. The number of rotatable bonds is 11. The highest BCUT2D eigenvalue weighted by Crippen LogP contribution is 2.17. The van der Waals surface area contributed by atoms with E-state index < -0.39 is 54.5 Å². The van der Waals surface area contributed by atoms with E-state index in [4.69, 9.17) is 14.2 Å². The number of benzene rings is 1. The molecular formula is C27H40N2O9. The van der Waals surface area contributed by atoms with Gasteiger partial charge >= 0.3 is 6.16 Å². The van der Waals surface area contributed by atoms with Gasteiger partial charge in [-0.15, -0.1) is 0 Å². The van der Waals surface area contributed by atoms with Gasteiger partial charge in [0.2, 0.25) is 5.91 Å². The van der Waals surface area contributed by atoms with Crippen LogP contribution in [0.15, 0.2) is 42.5 Å². The number of ether oxygens (including phenoxy) is 3.